The van der Waals surface area contributed by atoms with E-state index >= 15 is 0 Å². The Morgan fingerprint density at radius 3 is 2.81 bits per heavy atom. The molecule has 114 valence electrons. The topological polar surface area (TPSA) is 94.8 Å². The van der Waals surface area contributed by atoms with Crippen molar-refractivity contribution in [3.8, 4) is 0 Å². The van der Waals surface area contributed by atoms with Crippen molar-refractivity contribution < 1.29 is 8.42 Å². The van der Waals surface area contributed by atoms with Gasteiger partial charge < -0.3 is 15.3 Å². The Balaban J connectivity index is 1.66. The fourth-order valence-corrected chi connectivity index (χ4v) is 4.68. The molecular formula is C14H19N3O3S. The fraction of sp³-hybridized carbons (Fsp3) is 0.500. The quantitative estimate of drug-likeness (QED) is 0.783. The highest BCUT2D eigenvalue weighted by molar-refractivity contribution is 7.91. The minimum atomic E-state index is -2.82. The molecule has 21 heavy (non-hydrogen) atoms. The molecule has 1 fully saturated rings. The number of aromatic amines is 2. The third-order valence-electron chi connectivity index (χ3n) is 4.08. The number of aromatic nitrogens is 2. The highest BCUT2D eigenvalue weighted by Gasteiger charge is 2.27. The molecule has 0 bridgehead atoms. The van der Waals surface area contributed by atoms with Gasteiger partial charge in [-0.05, 0) is 43.5 Å². The molecule has 3 rings (SSSR count). The van der Waals surface area contributed by atoms with Gasteiger partial charge in [0.15, 0.2) is 9.84 Å². The first-order chi connectivity index (χ1) is 9.93. The van der Waals surface area contributed by atoms with Crippen LogP contribution in [0.3, 0.4) is 0 Å². The van der Waals surface area contributed by atoms with Crippen molar-refractivity contribution in [2.24, 2.45) is 5.92 Å². The number of sulfone groups is 1. The third kappa shape index (κ3) is 3.19. The van der Waals surface area contributed by atoms with E-state index in [0.29, 0.717) is 12.3 Å². The molecule has 2 unspecified atom stereocenters. The fourth-order valence-electron chi connectivity index (χ4n) is 2.81. The van der Waals surface area contributed by atoms with Crippen LogP contribution in [0.4, 0.5) is 0 Å². The van der Waals surface area contributed by atoms with Crippen LogP contribution in [0.2, 0.25) is 0 Å². The van der Waals surface area contributed by atoms with Crippen LogP contribution >= 0.6 is 0 Å². The smallest absolute Gasteiger partial charge is 0.310 e. The van der Waals surface area contributed by atoms with Crippen molar-refractivity contribution >= 4 is 20.9 Å². The normalized spacial score (nSPS) is 22.6. The van der Waals surface area contributed by atoms with Gasteiger partial charge in [0.25, 0.3) is 0 Å². The number of nitrogens with one attached hydrogen (secondary N) is 3. The summed E-state index contributed by atoms with van der Waals surface area (Å²) in [5.74, 6) is 0.800. The van der Waals surface area contributed by atoms with Crippen LogP contribution in [0.25, 0.3) is 11.0 Å². The Hall–Kier alpha value is -1.60. The van der Waals surface area contributed by atoms with Gasteiger partial charge in [0, 0.05) is 6.04 Å². The number of hydrogen-bond acceptors (Lipinski definition) is 4. The van der Waals surface area contributed by atoms with Crippen LogP contribution in [0.5, 0.6) is 0 Å². The molecule has 1 aliphatic heterocycles. The largest absolute Gasteiger partial charge is 0.323 e. The first kappa shape index (κ1) is 14.3. The van der Waals surface area contributed by atoms with Crippen molar-refractivity contribution in [3.63, 3.8) is 0 Å². The summed E-state index contributed by atoms with van der Waals surface area (Å²) in [5.41, 5.74) is 2.44. The van der Waals surface area contributed by atoms with Crippen LogP contribution in [0.15, 0.2) is 23.0 Å². The van der Waals surface area contributed by atoms with Crippen LogP contribution in [-0.4, -0.2) is 36.4 Å². The number of fused-ring (bicyclic) bond motifs is 1. The molecule has 0 spiro atoms. The molecule has 2 heterocycles. The van der Waals surface area contributed by atoms with E-state index in [4.69, 9.17) is 0 Å². The molecule has 0 saturated carbocycles. The van der Waals surface area contributed by atoms with Crippen molar-refractivity contribution in [2.75, 3.05) is 18.1 Å². The highest BCUT2D eigenvalue weighted by atomic mass is 32.2. The number of rotatable bonds is 4. The van der Waals surface area contributed by atoms with E-state index < -0.39 is 9.84 Å². The van der Waals surface area contributed by atoms with Crippen LogP contribution < -0.4 is 11.0 Å². The lowest BCUT2D eigenvalue weighted by Gasteiger charge is -2.17. The molecule has 1 aliphatic rings. The van der Waals surface area contributed by atoms with E-state index in [0.717, 1.165) is 23.0 Å². The lowest BCUT2D eigenvalue weighted by molar-refractivity contribution is 0.476. The molecule has 0 aliphatic carbocycles. The number of benzene rings is 1. The Labute approximate surface area is 122 Å². The maximum absolute atomic E-state index is 11.4. The van der Waals surface area contributed by atoms with Gasteiger partial charge in [-0.15, -0.1) is 0 Å². The number of imidazole rings is 1. The summed E-state index contributed by atoms with van der Waals surface area (Å²) in [7, 11) is -2.82. The molecule has 3 N–H and O–H groups in total. The predicted molar refractivity (Wildman–Crippen MR) is 82.1 cm³/mol. The first-order valence-electron chi connectivity index (χ1n) is 7.09. The van der Waals surface area contributed by atoms with Crippen molar-refractivity contribution in [3.05, 3.63) is 34.2 Å². The van der Waals surface area contributed by atoms with Crippen molar-refractivity contribution in [1.29, 1.82) is 0 Å². The molecule has 7 heteroatoms. The third-order valence-corrected chi connectivity index (χ3v) is 5.92. The molecule has 1 aromatic carbocycles. The first-order valence-corrected chi connectivity index (χ1v) is 8.91. The van der Waals surface area contributed by atoms with Crippen molar-refractivity contribution in [2.45, 2.75) is 19.4 Å². The van der Waals surface area contributed by atoms with Gasteiger partial charge in [0.2, 0.25) is 0 Å². The van der Waals surface area contributed by atoms with Gasteiger partial charge >= 0.3 is 5.69 Å². The zero-order valence-electron chi connectivity index (χ0n) is 11.8. The van der Waals surface area contributed by atoms with Crippen LogP contribution in [0, 0.1) is 5.92 Å². The predicted octanol–water partition coefficient (Wildman–Crippen LogP) is 0.942. The number of H-pyrrole nitrogens is 2. The molecule has 2 aromatic rings. The Morgan fingerprint density at radius 1 is 1.33 bits per heavy atom. The van der Waals surface area contributed by atoms with Gasteiger partial charge in [0.05, 0.1) is 22.5 Å². The van der Waals surface area contributed by atoms with E-state index in [1.165, 1.54) is 0 Å². The Bertz CT molecular complexity index is 806. The summed E-state index contributed by atoms with van der Waals surface area (Å²) in [6.45, 7) is 2.73. The monoisotopic (exact) mass is 309 g/mol. The molecule has 1 saturated heterocycles. The summed E-state index contributed by atoms with van der Waals surface area (Å²) in [5, 5.41) is 3.38. The SMILES string of the molecule is CC(NCC1CCS(=O)(=O)C1)c1ccc2[nH]c(=O)[nH]c2c1. The molecule has 0 amide bonds. The lowest BCUT2D eigenvalue weighted by atomic mass is 10.1. The average molecular weight is 309 g/mol. The summed E-state index contributed by atoms with van der Waals surface area (Å²) >= 11 is 0. The minimum Gasteiger partial charge on any atom is -0.310 e. The summed E-state index contributed by atoms with van der Waals surface area (Å²) in [4.78, 5) is 16.7. The minimum absolute atomic E-state index is 0.108. The molecular weight excluding hydrogens is 290 g/mol. The second-order valence-corrected chi connectivity index (χ2v) is 8.01. The second kappa shape index (κ2) is 5.31. The van der Waals surface area contributed by atoms with E-state index in [-0.39, 0.29) is 23.4 Å². The maximum atomic E-state index is 11.4. The molecule has 0 radical (unpaired) electrons. The standard InChI is InChI=1S/C14H19N3O3S/c1-9(15-7-10-4-5-21(19,20)8-10)11-2-3-12-13(6-11)17-14(18)16-12/h2-3,6,9-10,15H,4-5,7-8H2,1H3,(H2,16,17,18). The van der Waals surface area contributed by atoms with Gasteiger partial charge in [-0.3, -0.25) is 0 Å². The second-order valence-electron chi connectivity index (χ2n) is 5.78. The average Bonchev–Trinajstić information content (AvgIpc) is 2.96. The van der Waals surface area contributed by atoms with E-state index in [1.54, 1.807) is 0 Å². The number of hydrogen-bond donors (Lipinski definition) is 3. The van der Waals surface area contributed by atoms with E-state index in [9.17, 15) is 13.2 Å². The van der Waals surface area contributed by atoms with E-state index in [2.05, 4.69) is 15.3 Å². The van der Waals surface area contributed by atoms with Gasteiger partial charge in [-0.1, -0.05) is 6.07 Å². The van der Waals surface area contributed by atoms with Crippen molar-refractivity contribution in [1.82, 2.24) is 15.3 Å². The summed E-state index contributed by atoms with van der Waals surface area (Å²) in [6.07, 6.45) is 0.742. The van der Waals surface area contributed by atoms with Gasteiger partial charge in [0.1, 0.15) is 0 Å². The van der Waals surface area contributed by atoms with E-state index in [1.807, 2.05) is 25.1 Å². The van der Waals surface area contributed by atoms with Gasteiger partial charge in [-0.2, -0.15) is 0 Å². The maximum Gasteiger partial charge on any atom is 0.323 e. The molecule has 2 atom stereocenters. The molecule has 6 nitrogen and oxygen atoms in total. The highest BCUT2D eigenvalue weighted by Crippen LogP contribution is 2.20. The van der Waals surface area contributed by atoms with Crippen LogP contribution in [0.1, 0.15) is 24.9 Å². The Kier molecular flexibility index (Phi) is 3.62. The van der Waals surface area contributed by atoms with Gasteiger partial charge in [-0.25, -0.2) is 13.2 Å². The lowest BCUT2D eigenvalue weighted by Crippen LogP contribution is -2.26. The molecule has 1 aromatic heterocycles. The zero-order valence-corrected chi connectivity index (χ0v) is 12.7. The van der Waals surface area contributed by atoms with Crippen LogP contribution in [-0.2, 0) is 9.84 Å². The Morgan fingerprint density at radius 2 is 2.10 bits per heavy atom. The summed E-state index contributed by atoms with van der Waals surface area (Å²) < 4.78 is 22.9. The summed E-state index contributed by atoms with van der Waals surface area (Å²) in [6, 6.07) is 5.89. The zero-order chi connectivity index (χ0) is 15.0.